The Morgan fingerprint density at radius 2 is 1.50 bits per heavy atom. The van der Waals surface area contributed by atoms with Crippen molar-refractivity contribution in [2.45, 2.75) is 23.8 Å². The van der Waals surface area contributed by atoms with Crippen LogP contribution >= 0.6 is 9.64 Å². The van der Waals surface area contributed by atoms with E-state index in [0.717, 1.165) is 0 Å². The van der Waals surface area contributed by atoms with E-state index >= 15 is 0 Å². The molecule has 0 unspecified atom stereocenters. The summed E-state index contributed by atoms with van der Waals surface area (Å²) in [7, 11) is 5.84. The van der Waals surface area contributed by atoms with Gasteiger partial charge in [-0.3, -0.25) is 11.7 Å². The van der Waals surface area contributed by atoms with E-state index in [0.29, 0.717) is 0 Å². The maximum Gasteiger partial charge on any atom is -0.274 e. The van der Waals surface area contributed by atoms with Crippen LogP contribution in [0.25, 0.3) is 0 Å². The first-order chi connectivity index (χ1) is 3.81. The molecule has 2 nitrogen and oxygen atoms in total. The molecule has 0 aromatic carbocycles. The molecule has 4 N–H and O–H groups in total. The van der Waals surface area contributed by atoms with Gasteiger partial charge in [0.25, 0.3) is 0 Å². The molecule has 0 aliphatic carbocycles. The maximum atomic E-state index is 5.84. The van der Waals surface area contributed by atoms with Crippen molar-refractivity contribution in [2.75, 3.05) is 0 Å². The summed E-state index contributed by atoms with van der Waals surface area (Å²) < 4.78 is 0. The molecule has 0 fully saturated rings. The Morgan fingerprint density at radius 3 is 1.50 bits per heavy atom. The summed E-state index contributed by atoms with van der Waals surface area (Å²) in [6.07, 6.45) is 0. The molecule has 8 heavy (non-hydrogen) atoms. The fraction of sp³-hybridized carbons (Fsp3) is 1.00. The molecule has 0 heterocycles. The topological polar surface area (TPSA) is 52.0 Å². The van der Waals surface area contributed by atoms with E-state index in [-0.39, 0.29) is 0 Å². The average Bonchev–Trinajstić information content (AvgIpc) is 1.91. The van der Waals surface area contributed by atoms with E-state index in [9.17, 15) is 0 Å². The van der Waals surface area contributed by atoms with E-state index < -0.39 is 15.2 Å². The summed E-state index contributed by atoms with van der Waals surface area (Å²) in [4.78, 5) is 2.57. The largest absolute Gasteiger partial charge is 0.274 e. The van der Waals surface area contributed by atoms with Gasteiger partial charge in [0.05, 0.1) is 0 Å². The molecule has 0 amide bonds. The number of hydrogen-bond donors (Lipinski definition) is 2. The summed E-state index contributed by atoms with van der Waals surface area (Å²) >= 11 is -1.07. The molecule has 0 aliphatic rings. The second kappa shape index (κ2) is 10.8. The summed E-state index contributed by atoms with van der Waals surface area (Å²) in [5.74, 6) is 8.00. The van der Waals surface area contributed by atoms with Crippen molar-refractivity contribution in [3.63, 3.8) is 0 Å². The predicted octanol–water partition coefficient (Wildman–Crippen LogP) is 1.08. The minimum atomic E-state index is -1.07. The van der Waals surface area contributed by atoms with Crippen LogP contribution in [0.15, 0.2) is 0 Å². The first kappa shape index (κ1) is 11.6. The van der Waals surface area contributed by atoms with Gasteiger partial charge in [-0.2, -0.15) is 0 Å². The molecule has 0 atom stereocenters. The Bertz CT molecular complexity index is 33.2. The van der Waals surface area contributed by atoms with Crippen LogP contribution in [0.1, 0.15) is 13.8 Å². The third-order valence-electron chi connectivity index (χ3n) is 0.886. The zero-order valence-corrected chi connectivity index (χ0v) is 8.70. The van der Waals surface area contributed by atoms with Gasteiger partial charge in [-0.15, -0.1) is 0 Å². The Labute approximate surface area is 60.6 Å². The summed E-state index contributed by atoms with van der Waals surface area (Å²) in [5, 5.41) is 0. The van der Waals surface area contributed by atoms with Crippen molar-refractivity contribution in [1.82, 2.24) is 0 Å². The van der Waals surface area contributed by atoms with Gasteiger partial charge in [-0.1, -0.05) is 0 Å². The van der Waals surface area contributed by atoms with Crippen LogP contribution in [-0.2, 0) is 0 Å². The molecule has 50 valence electrons. The number of rotatable bonds is 2. The van der Waals surface area contributed by atoms with Crippen molar-refractivity contribution >= 4 is 24.9 Å². The molecule has 4 heteroatoms. The van der Waals surface area contributed by atoms with E-state index in [1.807, 2.05) is 0 Å². The molecule has 0 bridgehead atoms. The van der Waals surface area contributed by atoms with E-state index in [4.69, 9.17) is 9.64 Å². The van der Waals surface area contributed by atoms with Crippen molar-refractivity contribution in [3.8, 4) is 0 Å². The Balaban J connectivity index is 0. The minimum absolute atomic E-state index is 1.07. The van der Waals surface area contributed by atoms with E-state index in [1.165, 1.54) is 9.95 Å². The van der Waals surface area contributed by atoms with Crippen LogP contribution in [0.5, 0.6) is 0 Å². The monoisotopic (exact) mass is 194 g/mol. The fourth-order valence-corrected chi connectivity index (χ4v) is 1.50. The van der Waals surface area contributed by atoms with Crippen molar-refractivity contribution in [2.24, 2.45) is 11.7 Å². The van der Waals surface area contributed by atoms with Gasteiger partial charge < -0.3 is 0 Å². The molecule has 0 aliphatic heterocycles. The third-order valence-corrected chi connectivity index (χ3v) is 7.81. The van der Waals surface area contributed by atoms with Gasteiger partial charge in [-0.25, -0.2) is 0 Å². The van der Waals surface area contributed by atoms with Crippen LogP contribution in [0.2, 0.25) is 9.95 Å². The quantitative estimate of drug-likeness (QED) is 0.393. The van der Waals surface area contributed by atoms with Crippen LogP contribution in [0, 0.1) is 0 Å². The Kier molecular flexibility index (Phi) is 15.6. The molecule has 0 aromatic heterocycles. The third kappa shape index (κ3) is 9.96. The van der Waals surface area contributed by atoms with Crippen LogP contribution < -0.4 is 11.7 Å². The summed E-state index contributed by atoms with van der Waals surface area (Å²) in [5.41, 5.74) is 0. The fourth-order valence-electron chi connectivity index (χ4n) is 0.289. The van der Waals surface area contributed by atoms with Crippen molar-refractivity contribution < 1.29 is 0 Å². The second-order valence-electron chi connectivity index (χ2n) is 1.41. The van der Waals surface area contributed by atoms with Crippen LogP contribution in [0.3, 0.4) is 0 Å². The molecular formula is C4H14ClGaN2. The summed E-state index contributed by atoms with van der Waals surface area (Å²) in [6, 6.07) is 0. The first-order valence-electron chi connectivity index (χ1n) is 2.78. The van der Waals surface area contributed by atoms with Gasteiger partial charge in [0.2, 0.25) is 0 Å². The maximum absolute atomic E-state index is 5.84. The number of hydrazine groups is 1. The van der Waals surface area contributed by atoms with Crippen molar-refractivity contribution in [3.05, 3.63) is 0 Å². The average molecular weight is 195 g/mol. The Morgan fingerprint density at radius 1 is 1.25 bits per heavy atom. The first-order valence-corrected chi connectivity index (χ1v) is 9.39. The van der Waals surface area contributed by atoms with Gasteiger partial charge in [0.1, 0.15) is 0 Å². The van der Waals surface area contributed by atoms with E-state index in [1.54, 1.807) is 0 Å². The zero-order chi connectivity index (χ0) is 6.99. The molecule has 0 spiro atoms. The van der Waals surface area contributed by atoms with Gasteiger partial charge in [-0.05, 0) is 0 Å². The molecule has 0 saturated carbocycles. The molecule has 0 saturated heterocycles. The predicted molar refractivity (Wildman–Crippen MR) is 40.9 cm³/mol. The minimum Gasteiger partial charge on any atom is -0.274 e. The summed E-state index contributed by atoms with van der Waals surface area (Å²) in [6.45, 7) is 4.36. The van der Waals surface area contributed by atoms with Gasteiger partial charge in [0, 0.05) is 0 Å². The number of nitrogens with two attached hydrogens (primary N) is 2. The second-order valence-corrected chi connectivity index (χ2v) is 10.6. The Hall–Kier alpha value is 0.846. The zero-order valence-electron chi connectivity index (χ0n) is 5.52. The smallest absolute Gasteiger partial charge is 0.274 e. The number of hydrogen-bond acceptors (Lipinski definition) is 2. The SMILES string of the molecule is C[CH2][Ga]([Cl])[CH2]C.NN. The molecular weight excluding hydrogens is 181 g/mol. The van der Waals surface area contributed by atoms with Crippen LogP contribution in [0.4, 0.5) is 0 Å². The van der Waals surface area contributed by atoms with Gasteiger partial charge >= 0.3 is 48.7 Å². The standard InChI is InChI=1S/2C2H5.ClH.Ga.H4N2/c2*1-2;;;1-2/h2*1H2,2H3;1H;;1-2H2/q;;;+1;/p-1. The molecule has 0 rings (SSSR count). The van der Waals surface area contributed by atoms with Crippen molar-refractivity contribution in [1.29, 1.82) is 0 Å². The van der Waals surface area contributed by atoms with E-state index in [2.05, 4.69) is 25.5 Å². The van der Waals surface area contributed by atoms with Gasteiger partial charge in [0.15, 0.2) is 0 Å². The normalized spacial score (nSPS) is 7.12. The van der Waals surface area contributed by atoms with Crippen LogP contribution in [-0.4, -0.2) is 15.2 Å². The number of halogens is 1. The molecule has 0 radical (unpaired) electrons. The molecule has 0 aromatic rings.